The van der Waals surface area contributed by atoms with E-state index in [1.165, 1.54) is 12.0 Å². The van der Waals surface area contributed by atoms with Gasteiger partial charge in [-0.2, -0.15) is 0 Å². The van der Waals surface area contributed by atoms with E-state index in [1.807, 2.05) is 24.3 Å². The lowest BCUT2D eigenvalue weighted by molar-refractivity contribution is 0.362. The zero-order valence-electron chi connectivity index (χ0n) is 20.0. The average molecular weight is 444 g/mol. The smallest absolute Gasteiger partial charge is 0.146 e. The minimum Gasteiger partial charge on any atom is -0.455 e. The average Bonchev–Trinajstić information content (AvgIpc) is 3.48. The van der Waals surface area contributed by atoms with Gasteiger partial charge in [-0.15, -0.1) is 0 Å². The van der Waals surface area contributed by atoms with E-state index >= 15 is 0 Å². The first-order valence-electron chi connectivity index (χ1n) is 12.7. The summed E-state index contributed by atoms with van der Waals surface area (Å²) in [6, 6.07) is 30.7. The van der Waals surface area contributed by atoms with Crippen molar-refractivity contribution in [2.45, 2.75) is 38.1 Å². The van der Waals surface area contributed by atoms with Crippen LogP contribution in [0.4, 0.5) is 0 Å². The highest BCUT2D eigenvalue weighted by Gasteiger charge is 2.24. The molecule has 1 aliphatic rings. The van der Waals surface area contributed by atoms with Gasteiger partial charge in [-0.05, 0) is 54.3 Å². The van der Waals surface area contributed by atoms with Crippen molar-refractivity contribution in [1.82, 2.24) is 9.55 Å². The summed E-state index contributed by atoms with van der Waals surface area (Å²) in [5, 5.41) is 2.18. The second kappa shape index (κ2) is 7.88. The number of nitrogens with zero attached hydrogens (tertiary/aromatic N) is 2. The van der Waals surface area contributed by atoms with Crippen LogP contribution in [0.2, 0.25) is 0 Å². The number of aromatic nitrogens is 2. The Kier molecular flexibility index (Phi) is 4.30. The Balaban J connectivity index is 1.48. The van der Waals surface area contributed by atoms with Gasteiger partial charge in [0.25, 0.3) is 0 Å². The summed E-state index contributed by atoms with van der Waals surface area (Å²) < 4.78 is 18.2. The number of benzene rings is 4. The summed E-state index contributed by atoms with van der Waals surface area (Å²) in [6.07, 6.45) is 5.04. The predicted octanol–water partition coefficient (Wildman–Crippen LogP) is 8.77. The fraction of sp³-hybridized carbons (Fsp3) is 0.194. The van der Waals surface area contributed by atoms with Gasteiger partial charge in [0.05, 0.1) is 18.0 Å². The lowest BCUT2D eigenvalue weighted by atomic mass is 9.94. The number of hydrogen-bond donors (Lipinski definition) is 0. The van der Waals surface area contributed by atoms with E-state index in [1.54, 1.807) is 0 Å². The third-order valence-corrected chi connectivity index (χ3v) is 7.15. The third-order valence-electron chi connectivity index (χ3n) is 7.15. The minimum absolute atomic E-state index is 0.696. The molecular formula is C31H26N2O. The molecule has 0 unspecified atom stereocenters. The van der Waals surface area contributed by atoms with Gasteiger partial charge >= 0.3 is 0 Å². The van der Waals surface area contributed by atoms with Crippen LogP contribution in [0, 0.1) is 0 Å². The second-order valence-corrected chi connectivity index (χ2v) is 9.25. The SMILES string of the molecule is [2H]C1(n2c(-c3cccc4c3oc3cc(-c5ccccc5)ccc34)nc3ccccc32)CCCCC1. The van der Waals surface area contributed by atoms with Gasteiger partial charge in [0, 0.05) is 16.8 Å². The van der Waals surface area contributed by atoms with E-state index in [-0.39, 0.29) is 0 Å². The lowest BCUT2D eigenvalue weighted by Crippen LogP contribution is -2.14. The Labute approximate surface area is 200 Å². The molecule has 6 aromatic rings. The molecular weight excluding hydrogens is 416 g/mol. The van der Waals surface area contributed by atoms with Crippen molar-refractivity contribution in [3.8, 4) is 22.5 Å². The van der Waals surface area contributed by atoms with Gasteiger partial charge in [-0.25, -0.2) is 4.98 Å². The number of hydrogen-bond acceptors (Lipinski definition) is 2. The molecule has 0 aliphatic heterocycles. The summed E-state index contributed by atoms with van der Waals surface area (Å²) in [7, 11) is 0. The molecule has 0 bridgehead atoms. The predicted molar refractivity (Wildman–Crippen MR) is 140 cm³/mol. The molecule has 1 aliphatic carbocycles. The standard InChI is InChI=1S/C31H26N2O/c1-3-10-21(11-4-1)22-18-19-24-25-14-9-15-26(30(25)34-29(24)20-22)31-32-27-16-7-8-17-28(27)33(31)23-12-5-2-6-13-23/h1,3-4,7-11,14-20,23H,2,5-6,12-13H2/i23D. The lowest BCUT2D eigenvalue weighted by Gasteiger charge is -2.25. The van der Waals surface area contributed by atoms with Gasteiger partial charge in [-0.1, -0.05) is 79.9 Å². The molecule has 2 aromatic heterocycles. The fourth-order valence-electron chi connectivity index (χ4n) is 5.49. The van der Waals surface area contributed by atoms with Gasteiger partial charge in [0.2, 0.25) is 0 Å². The van der Waals surface area contributed by atoms with Gasteiger partial charge in [0.1, 0.15) is 17.0 Å². The Morgan fingerprint density at radius 1 is 0.765 bits per heavy atom. The number of rotatable bonds is 3. The van der Waals surface area contributed by atoms with E-state index < -0.39 is 6.02 Å². The van der Waals surface area contributed by atoms with E-state index in [9.17, 15) is 1.37 Å². The van der Waals surface area contributed by atoms with Crippen LogP contribution < -0.4 is 0 Å². The maximum absolute atomic E-state index is 9.48. The van der Waals surface area contributed by atoms with Crippen LogP contribution in [0.3, 0.4) is 0 Å². The largest absolute Gasteiger partial charge is 0.455 e. The van der Waals surface area contributed by atoms with E-state index in [2.05, 4.69) is 71.3 Å². The van der Waals surface area contributed by atoms with E-state index in [0.29, 0.717) is 0 Å². The Bertz CT molecular complexity index is 1690. The molecule has 2 heterocycles. The molecule has 3 heteroatoms. The summed E-state index contributed by atoms with van der Waals surface area (Å²) in [6.45, 7) is 0. The van der Waals surface area contributed by atoms with Gasteiger partial charge in [0.15, 0.2) is 0 Å². The second-order valence-electron chi connectivity index (χ2n) is 9.25. The van der Waals surface area contributed by atoms with Crippen LogP contribution in [0.5, 0.6) is 0 Å². The Morgan fingerprint density at radius 3 is 2.47 bits per heavy atom. The van der Waals surface area contributed by atoms with Crippen LogP contribution in [0.25, 0.3) is 55.5 Å². The highest BCUT2D eigenvalue weighted by Crippen LogP contribution is 2.41. The molecule has 0 saturated heterocycles. The molecule has 0 radical (unpaired) electrons. The number of para-hydroxylation sites is 3. The maximum Gasteiger partial charge on any atom is 0.146 e. The van der Waals surface area contributed by atoms with Crippen molar-refractivity contribution in [1.29, 1.82) is 0 Å². The van der Waals surface area contributed by atoms with Crippen LogP contribution in [0.1, 0.15) is 39.5 Å². The molecule has 166 valence electrons. The van der Waals surface area contributed by atoms with Crippen molar-refractivity contribution in [2.24, 2.45) is 0 Å². The van der Waals surface area contributed by atoms with Crippen molar-refractivity contribution >= 4 is 33.0 Å². The van der Waals surface area contributed by atoms with Crippen molar-refractivity contribution in [3.63, 3.8) is 0 Å². The number of fused-ring (bicyclic) bond motifs is 4. The van der Waals surface area contributed by atoms with Crippen molar-refractivity contribution in [2.75, 3.05) is 0 Å². The van der Waals surface area contributed by atoms with Crippen LogP contribution in [0.15, 0.2) is 95.4 Å². The summed E-state index contributed by atoms with van der Waals surface area (Å²) >= 11 is 0. The number of furan rings is 1. The summed E-state index contributed by atoms with van der Waals surface area (Å²) in [5.41, 5.74) is 6.92. The van der Waals surface area contributed by atoms with Crippen LogP contribution >= 0.6 is 0 Å². The Morgan fingerprint density at radius 2 is 1.59 bits per heavy atom. The fourth-order valence-corrected chi connectivity index (χ4v) is 5.49. The normalized spacial score (nSPS) is 16.3. The highest BCUT2D eigenvalue weighted by atomic mass is 16.3. The first-order valence-corrected chi connectivity index (χ1v) is 12.2. The van der Waals surface area contributed by atoms with Crippen LogP contribution in [-0.2, 0) is 0 Å². The van der Waals surface area contributed by atoms with Crippen molar-refractivity contribution in [3.05, 3.63) is 91.0 Å². The zero-order valence-corrected chi connectivity index (χ0v) is 19.0. The van der Waals surface area contributed by atoms with E-state index in [0.717, 1.165) is 75.6 Å². The van der Waals surface area contributed by atoms with Gasteiger partial charge in [-0.3, -0.25) is 0 Å². The van der Waals surface area contributed by atoms with Gasteiger partial charge < -0.3 is 8.98 Å². The monoisotopic (exact) mass is 443 g/mol. The maximum atomic E-state index is 9.48. The third kappa shape index (κ3) is 3.07. The molecule has 0 N–H and O–H groups in total. The molecule has 34 heavy (non-hydrogen) atoms. The summed E-state index contributed by atoms with van der Waals surface area (Å²) in [5.74, 6) is 0.830. The quantitative estimate of drug-likeness (QED) is 0.274. The van der Waals surface area contributed by atoms with Crippen LogP contribution in [-0.4, -0.2) is 9.55 Å². The first-order chi connectivity index (χ1) is 17.2. The highest BCUT2D eigenvalue weighted by molar-refractivity contribution is 6.10. The molecule has 3 nitrogen and oxygen atoms in total. The number of imidazole rings is 1. The minimum atomic E-state index is -0.696. The molecule has 1 fully saturated rings. The molecule has 4 aromatic carbocycles. The zero-order chi connectivity index (χ0) is 23.4. The summed E-state index contributed by atoms with van der Waals surface area (Å²) in [4.78, 5) is 5.07. The molecule has 1 saturated carbocycles. The first kappa shape index (κ1) is 18.6. The topological polar surface area (TPSA) is 31.0 Å². The Hall–Kier alpha value is -3.85. The van der Waals surface area contributed by atoms with E-state index in [4.69, 9.17) is 9.40 Å². The molecule has 7 rings (SSSR count). The molecule has 0 spiro atoms. The molecule has 0 atom stereocenters. The van der Waals surface area contributed by atoms with Crippen molar-refractivity contribution < 1.29 is 5.79 Å². The molecule has 0 amide bonds.